The summed E-state index contributed by atoms with van der Waals surface area (Å²) in [6.07, 6.45) is 3.69. The largest absolute Gasteiger partial charge is 0.495 e. The molecule has 0 N–H and O–H groups in total. The van der Waals surface area contributed by atoms with Gasteiger partial charge in [0.25, 0.3) is 5.56 Å². The summed E-state index contributed by atoms with van der Waals surface area (Å²) in [4.78, 5) is 23.1. The highest BCUT2D eigenvalue weighted by Gasteiger charge is 2.18. The van der Waals surface area contributed by atoms with Gasteiger partial charge >= 0.3 is 0 Å². The van der Waals surface area contributed by atoms with E-state index in [0.29, 0.717) is 11.4 Å². The molecule has 0 bridgehead atoms. The number of aromatic nitrogens is 4. The summed E-state index contributed by atoms with van der Waals surface area (Å²) in [5, 5.41) is 2.86. The first-order valence-corrected chi connectivity index (χ1v) is 11.9. The molecule has 1 aromatic carbocycles. The number of benzene rings is 1. The van der Waals surface area contributed by atoms with Crippen LogP contribution in [0.5, 0.6) is 5.75 Å². The fraction of sp³-hybridized carbons (Fsp3) is 0.125. The molecule has 0 saturated heterocycles. The fourth-order valence-corrected chi connectivity index (χ4v) is 5.16. The van der Waals surface area contributed by atoms with Crippen molar-refractivity contribution in [1.82, 2.24) is 18.9 Å². The molecule has 5 rings (SSSR count). The Morgan fingerprint density at radius 3 is 2.81 bits per heavy atom. The Labute approximate surface area is 193 Å². The number of pyridine rings is 1. The van der Waals surface area contributed by atoms with Crippen LogP contribution >= 0.6 is 23.1 Å². The van der Waals surface area contributed by atoms with Crippen LogP contribution in [0.2, 0.25) is 0 Å². The van der Waals surface area contributed by atoms with Crippen LogP contribution in [0.4, 0.5) is 0 Å². The maximum atomic E-state index is 12.6. The van der Waals surface area contributed by atoms with Crippen molar-refractivity contribution in [2.45, 2.75) is 17.8 Å². The van der Waals surface area contributed by atoms with Gasteiger partial charge in [0.1, 0.15) is 11.4 Å². The second-order valence-corrected chi connectivity index (χ2v) is 9.11. The molecule has 0 aliphatic heterocycles. The standard InChI is InChI=1S/C24H20N4O2S2/c1-16-9-10-22-26-17(12-23(29)27(22)14-16)15-32-24-25-13-19(21-8-5-11-31-21)28(24)18-6-3-4-7-20(18)30-2/h3-14H,15H2,1-2H3. The van der Waals surface area contributed by atoms with Crippen molar-refractivity contribution < 1.29 is 4.74 Å². The van der Waals surface area contributed by atoms with Crippen LogP contribution in [0.25, 0.3) is 21.9 Å². The third-order valence-corrected chi connectivity index (χ3v) is 6.92. The Morgan fingerprint density at radius 1 is 1.12 bits per heavy atom. The molecule has 0 saturated carbocycles. The molecule has 32 heavy (non-hydrogen) atoms. The van der Waals surface area contributed by atoms with E-state index in [9.17, 15) is 4.79 Å². The molecule has 0 unspecified atom stereocenters. The van der Waals surface area contributed by atoms with Gasteiger partial charge in [0.2, 0.25) is 0 Å². The molecule has 0 radical (unpaired) electrons. The normalized spacial score (nSPS) is 11.2. The number of thioether (sulfide) groups is 1. The number of ether oxygens (including phenoxy) is 1. The van der Waals surface area contributed by atoms with Crippen molar-refractivity contribution >= 4 is 28.7 Å². The smallest absolute Gasteiger partial charge is 0.258 e. The molecule has 0 spiro atoms. The zero-order valence-electron chi connectivity index (χ0n) is 17.6. The van der Waals surface area contributed by atoms with E-state index in [4.69, 9.17) is 9.72 Å². The second-order valence-electron chi connectivity index (χ2n) is 7.22. The maximum Gasteiger partial charge on any atom is 0.258 e. The molecule has 0 atom stereocenters. The van der Waals surface area contributed by atoms with Crippen LogP contribution in [0, 0.1) is 6.92 Å². The highest BCUT2D eigenvalue weighted by Crippen LogP contribution is 2.36. The van der Waals surface area contributed by atoms with E-state index in [-0.39, 0.29) is 5.56 Å². The highest BCUT2D eigenvalue weighted by molar-refractivity contribution is 7.98. The second kappa shape index (κ2) is 8.64. The number of para-hydroxylation sites is 2. The van der Waals surface area contributed by atoms with Gasteiger partial charge in [-0.3, -0.25) is 13.8 Å². The van der Waals surface area contributed by atoms with Crippen LogP contribution in [-0.2, 0) is 5.75 Å². The predicted octanol–water partition coefficient (Wildman–Crippen LogP) is 5.22. The first-order valence-electron chi connectivity index (χ1n) is 10.0. The summed E-state index contributed by atoms with van der Waals surface area (Å²) in [6, 6.07) is 17.4. The molecule has 0 aliphatic rings. The summed E-state index contributed by atoms with van der Waals surface area (Å²) in [5.41, 5.74) is 4.21. The summed E-state index contributed by atoms with van der Waals surface area (Å²) < 4.78 is 9.30. The predicted molar refractivity (Wildman–Crippen MR) is 129 cm³/mol. The quantitative estimate of drug-likeness (QED) is 0.325. The summed E-state index contributed by atoms with van der Waals surface area (Å²) in [7, 11) is 1.67. The van der Waals surface area contributed by atoms with Gasteiger partial charge in [0.05, 0.1) is 35.3 Å². The average Bonchev–Trinajstić information content (AvgIpc) is 3.48. The number of hydrogen-bond acceptors (Lipinski definition) is 6. The van der Waals surface area contributed by atoms with Crippen LogP contribution in [0.15, 0.2) is 82.3 Å². The fourth-order valence-electron chi connectivity index (χ4n) is 3.55. The maximum absolute atomic E-state index is 12.6. The number of thiophene rings is 1. The first kappa shape index (κ1) is 20.5. The number of hydrogen-bond donors (Lipinski definition) is 0. The summed E-state index contributed by atoms with van der Waals surface area (Å²) in [5.74, 6) is 1.29. The minimum absolute atomic E-state index is 0.0818. The Morgan fingerprint density at radius 2 is 2.00 bits per heavy atom. The Hall–Kier alpha value is -3.36. The number of imidazole rings is 1. The molecular weight excluding hydrogens is 440 g/mol. The average molecular weight is 461 g/mol. The third-order valence-electron chi connectivity index (χ3n) is 5.04. The van der Waals surface area contributed by atoms with Gasteiger partial charge in [-0.15, -0.1) is 11.3 Å². The number of aryl methyl sites for hydroxylation is 1. The van der Waals surface area contributed by atoms with E-state index < -0.39 is 0 Å². The topological polar surface area (TPSA) is 61.4 Å². The molecule has 160 valence electrons. The van der Waals surface area contributed by atoms with Gasteiger partial charge < -0.3 is 4.74 Å². The SMILES string of the molecule is COc1ccccc1-n1c(-c2cccs2)cnc1SCc1cc(=O)n2cc(C)ccc2n1. The van der Waals surface area contributed by atoms with E-state index in [1.807, 2.05) is 61.8 Å². The van der Waals surface area contributed by atoms with Gasteiger partial charge in [0.15, 0.2) is 5.16 Å². The number of nitrogens with zero attached hydrogens (tertiary/aromatic N) is 4. The van der Waals surface area contributed by atoms with Crippen molar-refractivity contribution in [3.8, 4) is 22.0 Å². The van der Waals surface area contributed by atoms with Crippen molar-refractivity contribution in [2.24, 2.45) is 0 Å². The van der Waals surface area contributed by atoms with Crippen molar-refractivity contribution in [3.63, 3.8) is 0 Å². The summed E-state index contributed by atoms with van der Waals surface area (Å²) in [6.45, 7) is 1.96. The van der Waals surface area contributed by atoms with Crippen LogP contribution in [0.3, 0.4) is 0 Å². The van der Waals surface area contributed by atoms with Gasteiger partial charge in [0, 0.05) is 18.0 Å². The zero-order chi connectivity index (χ0) is 22.1. The molecule has 5 aromatic rings. The zero-order valence-corrected chi connectivity index (χ0v) is 19.2. The highest BCUT2D eigenvalue weighted by atomic mass is 32.2. The van der Waals surface area contributed by atoms with Crippen molar-refractivity contribution in [3.05, 3.63) is 94.0 Å². The van der Waals surface area contributed by atoms with E-state index in [0.717, 1.165) is 38.4 Å². The minimum Gasteiger partial charge on any atom is -0.495 e. The lowest BCUT2D eigenvalue weighted by molar-refractivity contribution is 0.412. The lowest BCUT2D eigenvalue weighted by Gasteiger charge is -2.14. The number of methoxy groups -OCH3 is 1. The molecule has 0 aliphatic carbocycles. The molecule has 4 aromatic heterocycles. The lowest BCUT2D eigenvalue weighted by atomic mass is 10.2. The molecular formula is C24H20N4O2S2. The number of fused-ring (bicyclic) bond motifs is 1. The van der Waals surface area contributed by atoms with Crippen molar-refractivity contribution in [2.75, 3.05) is 7.11 Å². The Kier molecular flexibility index (Phi) is 5.55. The molecule has 0 amide bonds. The minimum atomic E-state index is -0.0818. The van der Waals surface area contributed by atoms with Crippen LogP contribution in [-0.4, -0.2) is 26.0 Å². The van der Waals surface area contributed by atoms with Crippen LogP contribution < -0.4 is 10.3 Å². The lowest BCUT2D eigenvalue weighted by Crippen LogP contribution is -2.15. The van der Waals surface area contributed by atoms with Gasteiger partial charge in [-0.1, -0.05) is 36.0 Å². The van der Waals surface area contributed by atoms with Gasteiger partial charge in [-0.2, -0.15) is 0 Å². The van der Waals surface area contributed by atoms with E-state index in [1.54, 1.807) is 40.7 Å². The van der Waals surface area contributed by atoms with E-state index in [1.165, 1.54) is 0 Å². The monoisotopic (exact) mass is 460 g/mol. The molecule has 4 heterocycles. The molecule has 6 nitrogen and oxygen atoms in total. The Bertz CT molecular complexity index is 1450. The Balaban J connectivity index is 1.54. The van der Waals surface area contributed by atoms with Gasteiger partial charge in [-0.05, 0) is 42.1 Å². The molecule has 8 heteroatoms. The van der Waals surface area contributed by atoms with Gasteiger partial charge in [-0.25, -0.2) is 9.97 Å². The summed E-state index contributed by atoms with van der Waals surface area (Å²) >= 11 is 3.21. The van der Waals surface area contributed by atoms with E-state index >= 15 is 0 Å². The molecule has 0 fully saturated rings. The third kappa shape index (κ3) is 3.83. The van der Waals surface area contributed by atoms with Crippen molar-refractivity contribution in [1.29, 1.82) is 0 Å². The van der Waals surface area contributed by atoms with E-state index in [2.05, 4.69) is 21.0 Å². The van der Waals surface area contributed by atoms with Crippen LogP contribution in [0.1, 0.15) is 11.3 Å². The first-order chi connectivity index (χ1) is 15.6. The number of rotatable bonds is 6.